The van der Waals surface area contributed by atoms with Gasteiger partial charge in [0.05, 0.1) is 0 Å². The minimum Gasteiger partial charge on any atom is -0.381 e. The van der Waals surface area contributed by atoms with Crippen molar-refractivity contribution in [3.8, 4) is 0 Å². The van der Waals surface area contributed by atoms with E-state index in [2.05, 4.69) is 27.7 Å². The number of likely N-dealkylation sites (N-methyl/N-ethyl adjacent to an activating group) is 2. The van der Waals surface area contributed by atoms with Crippen LogP contribution in [-0.2, 0) is 14.3 Å². The van der Waals surface area contributed by atoms with Crippen LogP contribution >= 0.6 is 0 Å². The van der Waals surface area contributed by atoms with Crippen molar-refractivity contribution in [1.29, 1.82) is 0 Å². The number of hydrogen-bond donors (Lipinski definition) is 0. The van der Waals surface area contributed by atoms with Crippen LogP contribution in [0.1, 0.15) is 86.5 Å². The van der Waals surface area contributed by atoms with Gasteiger partial charge in [-0.1, -0.05) is 40.5 Å². The van der Waals surface area contributed by atoms with Gasteiger partial charge in [0.1, 0.15) is 13.1 Å². The van der Waals surface area contributed by atoms with Gasteiger partial charge in [-0.3, -0.25) is 19.4 Å². The maximum atomic E-state index is 12.3. The van der Waals surface area contributed by atoms with Crippen molar-refractivity contribution >= 4 is 23.9 Å². The van der Waals surface area contributed by atoms with Crippen LogP contribution in [0.2, 0.25) is 0 Å². The number of carbonyl (C=O) groups is 4. The fourth-order valence-corrected chi connectivity index (χ4v) is 4.82. The van der Waals surface area contributed by atoms with Gasteiger partial charge in [0, 0.05) is 39.4 Å². The van der Waals surface area contributed by atoms with Gasteiger partial charge in [0.2, 0.25) is 11.8 Å². The van der Waals surface area contributed by atoms with Crippen LogP contribution in [0.5, 0.6) is 0 Å². The standard InChI is InChI=1S/C27H48N4O5/c1-7-28-19-22(32)30(24(28)34)16-15-26(3,4)13-9-11-17-36-18-12-10-14-27(5,6)21-31-23(33)20-29(8-2)25(31)35/h7-21H2,1-6H3. The minimum atomic E-state index is -0.164. The van der Waals surface area contributed by atoms with Crippen molar-refractivity contribution < 1.29 is 23.9 Å². The Balaban J connectivity index is 1.53. The molecule has 0 atom stereocenters. The molecule has 9 nitrogen and oxygen atoms in total. The largest absolute Gasteiger partial charge is 0.381 e. The Morgan fingerprint density at radius 2 is 1.14 bits per heavy atom. The highest BCUT2D eigenvalue weighted by molar-refractivity contribution is 6.02. The van der Waals surface area contributed by atoms with Gasteiger partial charge >= 0.3 is 12.1 Å². The second-order valence-corrected chi connectivity index (χ2v) is 11.7. The Bertz CT molecular complexity index is 782. The lowest BCUT2D eigenvalue weighted by atomic mass is 9.84. The Morgan fingerprint density at radius 3 is 1.64 bits per heavy atom. The summed E-state index contributed by atoms with van der Waals surface area (Å²) < 4.78 is 5.82. The highest BCUT2D eigenvalue weighted by Crippen LogP contribution is 2.29. The summed E-state index contributed by atoms with van der Waals surface area (Å²) in [5, 5.41) is 0. The molecule has 0 radical (unpaired) electrons. The normalized spacial score (nSPS) is 17.4. The Hall–Kier alpha value is -2.16. The predicted octanol–water partition coefficient (Wildman–Crippen LogP) is 4.35. The Morgan fingerprint density at radius 1 is 0.667 bits per heavy atom. The van der Waals surface area contributed by atoms with Crippen molar-refractivity contribution in [2.24, 2.45) is 10.8 Å². The number of hydrogen-bond acceptors (Lipinski definition) is 5. The van der Waals surface area contributed by atoms with E-state index in [4.69, 9.17) is 4.74 Å². The van der Waals surface area contributed by atoms with Crippen LogP contribution < -0.4 is 0 Å². The molecule has 2 aliphatic rings. The molecule has 0 aromatic rings. The van der Waals surface area contributed by atoms with Crippen LogP contribution in [0.15, 0.2) is 0 Å². The molecule has 206 valence electrons. The Labute approximate surface area is 217 Å². The van der Waals surface area contributed by atoms with E-state index in [1.165, 1.54) is 9.80 Å². The topological polar surface area (TPSA) is 90.5 Å². The number of carbonyl (C=O) groups excluding carboxylic acids is 4. The van der Waals surface area contributed by atoms with Crippen LogP contribution in [0.25, 0.3) is 0 Å². The summed E-state index contributed by atoms with van der Waals surface area (Å²) in [7, 11) is 0. The summed E-state index contributed by atoms with van der Waals surface area (Å²) in [5.41, 5.74) is -0.0438. The number of rotatable bonds is 17. The molecule has 0 N–H and O–H groups in total. The number of imide groups is 2. The van der Waals surface area contributed by atoms with Crippen LogP contribution in [-0.4, -0.2) is 96.0 Å². The SMILES string of the molecule is CCN1CC(=O)N(CCC(C)(C)CCCCOCCCCC(C)(C)CN2C(=O)CN(CC)C2=O)C1=O. The molecule has 0 saturated carbocycles. The lowest BCUT2D eigenvalue weighted by molar-refractivity contribution is -0.126. The van der Waals surface area contributed by atoms with E-state index in [1.54, 1.807) is 9.80 Å². The van der Waals surface area contributed by atoms with E-state index in [0.717, 1.165) is 58.2 Å². The lowest BCUT2D eigenvalue weighted by Crippen LogP contribution is -2.39. The molecule has 0 aromatic heterocycles. The average molecular weight is 509 g/mol. The van der Waals surface area contributed by atoms with Crippen molar-refractivity contribution in [1.82, 2.24) is 19.6 Å². The van der Waals surface area contributed by atoms with Crippen LogP contribution in [0.4, 0.5) is 9.59 Å². The fourth-order valence-electron chi connectivity index (χ4n) is 4.82. The number of amides is 6. The van der Waals surface area contributed by atoms with E-state index in [0.29, 0.717) is 26.2 Å². The zero-order chi connectivity index (χ0) is 26.9. The molecule has 36 heavy (non-hydrogen) atoms. The molecule has 0 unspecified atom stereocenters. The first-order chi connectivity index (χ1) is 16.9. The van der Waals surface area contributed by atoms with Gasteiger partial charge in [-0.2, -0.15) is 0 Å². The van der Waals surface area contributed by atoms with Crippen molar-refractivity contribution in [2.75, 3.05) is 52.5 Å². The molecule has 2 rings (SSSR count). The number of ether oxygens (including phenoxy) is 1. The highest BCUT2D eigenvalue weighted by Gasteiger charge is 2.38. The second kappa shape index (κ2) is 13.4. The molecule has 6 amide bonds. The van der Waals surface area contributed by atoms with E-state index in [-0.39, 0.29) is 47.8 Å². The summed E-state index contributed by atoms with van der Waals surface area (Å²) >= 11 is 0. The Kier molecular flexibility index (Phi) is 11.2. The second-order valence-electron chi connectivity index (χ2n) is 11.7. The lowest BCUT2D eigenvalue weighted by Gasteiger charge is -2.29. The number of urea groups is 2. The summed E-state index contributed by atoms with van der Waals surface area (Å²) in [6, 6.07) is -0.320. The summed E-state index contributed by atoms with van der Waals surface area (Å²) in [5.74, 6) is -0.182. The van der Waals surface area contributed by atoms with Gasteiger partial charge in [-0.05, 0) is 56.8 Å². The van der Waals surface area contributed by atoms with Crippen LogP contribution in [0, 0.1) is 10.8 Å². The van der Waals surface area contributed by atoms with E-state index in [1.807, 2.05) is 13.8 Å². The molecule has 0 bridgehead atoms. The van der Waals surface area contributed by atoms with Gasteiger partial charge in [0.15, 0.2) is 0 Å². The zero-order valence-electron chi connectivity index (χ0n) is 23.4. The molecular weight excluding hydrogens is 460 g/mol. The molecule has 0 spiro atoms. The summed E-state index contributed by atoms with van der Waals surface area (Å²) in [6.07, 6.45) is 6.78. The zero-order valence-corrected chi connectivity index (χ0v) is 23.4. The molecular formula is C27H48N4O5. The molecule has 2 saturated heterocycles. The van der Waals surface area contributed by atoms with Crippen molar-refractivity contribution in [3.63, 3.8) is 0 Å². The molecule has 2 fully saturated rings. The maximum absolute atomic E-state index is 12.3. The fraction of sp³-hybridized carbons (Fsp3) is 0.852. The number of unbranched alkanes of at least 4 members (excludes halogenated alkanes) is 2. The minimum absolute atomic E-state index is 0.0675. The van der Waals surface area contributed by atoms with E-state index in [9.17, 15) is 19.2 Å². The van der Waals surface area contributed by atoms with Gasteiger partial charge in [-0.15, -0.1) is 0 Å². The summed E-state index contributed by atoms with van der Waals surface area (Å²) in [6.45, 7) is 16.4. The van der Waals surface area contributed by atoms with Gasteiger partial charge in [-0.25, -0.2) is 9.59 Å². The van der Waals surface area contributed by atoms with E-state index < -0.39 is 0 Å². The van der Waals surface area contributed by atoms with Crippen molar-refractivity contribution in [3.05, 3.63) is 0 Å². The highest BCUT2D eigenvalue weighted by atomic mass is 16.5. The first kappa shape index (κ1) is 30.1. The summed E-state index contributed by atoms with van der Waals surface area (Å²) in [4.78, 5) is 54.8. The predicted molar refractivity (Wildman–Crippen MR) is 139 cm³/mol. The van der Waals surface area contributed by atoms with Gasteiger partial charge < -0.3 is 14.5 Å². The third kappa shape index (κ3) is 8.75. The average Bonchev–Trinajstić information content (AvgIpc) is 3.24. The molecule has 0 aromatic carbocycles. The monoisotopic (exact) mass is 508 g/mol. The van der Waals surface area contributed by atoms with Gasteiger partial charge in [0.25, 0.3) is 0 Å². The van der Waals surface area contributed by atoms with E-state index >= 15 is 0 Å². The molecule has 9 heteroatoms. The molecule has 0 aliphatic carbocycles. The third-order valence-corrected chi connectivity index (χ3v) is 7.40. The third-order valence-electron chi connectivity index (χ3n) is 7.40. The van der Waals surface area contributed by atoms with Crippen LogP contribution in [0.3, 0.4) is 0 Å². The molecule has 2 aliphatic heterocycles. The smallest absolute Gasteiger partial charge is 0.327 e. The first-order valence-electron chi connectivity index (χ1n) is 13.7. The quantitative estimate of drug-likeness (QED) is 0.215. The molecule has 2 heterocycles. The first-order valence-corrected chi connectivity index (χ1v) is 13.7. The number of nitrogens with zero attached hydrogens (tertiary/aromatic N) is 4. The van der Waals surface area contributed by atoms with Crippen molar-refractivity contribution in [2.45, 2.75) is 86.5 Å². The maximum Gasteiger partial charge on any atom is 0.327 e.